The number of thioether (sulfide) groups is 2. The molecular weight excluding hydrogens is 462 g/mol. The summed E-state index contributed by atoms with van der Waals surface area (Å²) in [5, 5.41) is 34.2. The van der Waals surface area contributed by atoms with Crippen LogP contribution in [0.5, 0.6) is 0 Å². The predicted molar refractivity (Wildman–Crippen MR) is 112 cm³/mol. The number of nitrogens with one attached hydrogen (secondary N) is 1. The lowest BCUT2D eigenvalue weighted by atomic mass is 10.0. The van der Waals surface area contributed by atoms with Crippen molar-refractivity contribution >= 4 is 52.6 Å². The largest absolute Gasteiger partial charge is 0.477 e. The molecule has 2 aliphatic heterocycles. The highest BCUT2D eigenvalue weighted by Crippen LogP contribution is 2.41. The van der Waals surface area contributed by atoms with Crippen LogP contribution in [0, 0.1) is 11.3 Å². The first-order chi connectivity index (χ1) is 15.0. The summed E-state index contributed by atoms with van der Waals surface area (Å²) in [5.41, 5.74) is 0.492. The van der Waals surface area contributed by atoms with Gasteiger partial charge in [0.2, 0.25) is 11.1 Å². The number of tetrazole rings is 1. The normalized spacial score (nSPS) is 20.1. The van der Waals surface area contributed by atoms with Gasteiger partial charge in [-0.2, -0.15) is 5.26 Å². The van der Waals surface area contributed by atoms with Crippen LogP contribution in [0.25, 0.3) is 0 Å². The fourth-order valence-corrected chi connectivity index (χ4v) is 6.27. The van der Waals surface area contributed by atoms with E-state index in [0.717, 1.165) is 4.88 Å². The van der Waals surface area contributed by atoms with E-state index < -0.39 is 23.3 Å². The van der Waals surface area contributed by atoms with Crippen molar-refractivity contribution in [2.45, 2.75) is 29.5 Å². The Morgan fingerprint density at radius 1 is 1.45 bits per heavy atom. The number of carbonyl (C=O) groups excluding carboxylic acids is 2. The Morgan fingerprint density at radius 2 is 2.29 bits per heavy atom. The van der Waals surface area contributed by atoms with Gasteiger partial charge in [-0.25, -0.2) is 9.48 Å². The molecular formula is C17H15N7O4S3. The third-order valence-electron chi connectivity index (χ3n) is 4.58. The maximum absolute atomic E-state index is 12.7. The number of carbonyl (C=O) groups is 3. The monoisotopic (exact) mass is 477 g/mol. The van der Waals surface area contributed by atoms with E-state index in [1.807, 2.05) is 23.6 Å². The first-order valence-corrected chi connectivity index (χ1v) is 11.9. The van der Waals surface area contributed by atoms with Crippen LogP contribution in [0.15, 0.2) is 33.9 Å². The zero-order valence-electron chi connectivity index (χ0n) is 15.8. The molecule has 31 heavy (non-hydrogen) atoms. The second kappa shape index (κ2) is 9.08. The van der Waals surface area contributed by atoms with E-state index in [1.165, 1.54) is 44.4 Å². The highest BCUT2D eigenvalue weighted by molar-refractivity contribution is 8.01. The molecule has 1 unspecified atom stereocenters. The lowest BCUT2D eigenvalue weighted by Crippen LogP contribution is -2.70. The number of carboxylic acid groups (broad SMARTS) is 1. The molecule has 11 nitrogen and oxygen atoms in total. The lowest BCUT2D eigenvalue weighted by Gasteiger charge is -2.49. The van der Waals surface area contributed by atoms with Crippen LogP contribution < -0.4 is 5.32 Å². The summed E-state index contributed by atoms with van der Waals surface area (Å²) in [5.74, 6) is -1.26. The van der Waals surface area contributed by atoms with E-state index in [0.29, 0.717) is 16.5 Å². The number of hydrogen-bond acceptors (Lipinski definition) is 10. The summed E-state index contributed by atoms with van der Waals surface area (Å²) in [4.78, 5) is 39.0. The fourth-order valence-electron chi connectivity index (χ4n) is 3.21. The smallest absolute Gasteiger partial charge is 0.352 e. The van der Waals surface area contributed by atoms with Crippen molar-refractivity contribution in [3.05, 3.63) is 33.7 Å². The van der Waals surface area contributed by atoms with Gasteiger partial charge in [0.15, 0.2) is 0 Å². The topological polar surface area (TPSA) is 154 Å². The molecule has 2 amide bonds. The van der Waals surface area contributed by atoms with Gasteiger partial charge < -0.3 is 10.4 Å². The third-order valence-corrected chi connectivity index (χ3v) is 7.84. The van der Waals surface area contributed by atoms with Gasteiger partial charge in [-0.1, -0.05) is 17.8 Å². The van der Waals surface area contributed by atoms with Gasteiger partial charge in [0.05, 0.1) is 12.5 Å². The van der Waals surface area contributed by atoms with Gasteiger partial charge in [0.25, 0.3) is 5.91 Å². The van der Waals surface area contributed by atoms with Gasteiger partial charge in [-0.15, -0.1) is 28.2 Å². The number of amides is 2. The molecule has 1 fully saturated rings. The summed E-state index contributed by atoms with van der Waals surface area (Å²) in [6.45, 7) is -0.0194. The Morgan fingerprint density at radius 3 is 3.00 bits per heavy atom. The zero-order chi connectivity index (χ0) is 22.0. The number of aliphatic carboxylic acids is 1. The maximum atomic E-state index is 12.7. The second-order valence-electron chi connectivity index (χ2n) is 6.53. The Kier molecular flexibility index (Phi) is 6.25. The molecule has 0 bridgehead atoms. The zero-order valence-corrected chi connectivity index (χ0v) is 18.2. The Balaban J connectivity index is 1.44. The van der Waals surface area contributed by atoms with Gasteiger partial charge in [0.1, 0.15) is 23.7 Å². The standard InChI is InChI=1S/C17H15N7O4S3/c18-3-4-23-17(20-21-22-23)31-8-9-7-30-15-12(14(26)24(15)13(9)16(27)28)19-11(25)6-10-2-1-5-29-10/h1-2,5,12,15H,4,6-8H2,(H,19,25)(H,27,28)/t12?,15-/m0/s1. The van der Waals surface area contributed by atoms with Crippen molar-refractivity contribution in [2.75, 3.05) is 11.5 Å². The number of hydrogen-bond donors (Lipinski definition) is 2. The van der Waals surface area contributed by atoms with Gasteiger partial charge >= 0.3 is 5.97 Å². The van der Waals surface area contributed by atoms with E-state index in [2.05, 4.69) is 20.8 Å². The maximum Gasteiger partial charge on any atom is 0.352 e. The van der Waals surface area contributed by atoms with Crippen molar-refractivity contribution < 1.29 is 19.5 Å². The van der Waals surface area contributed by atoms with Gasteiger partial charge in [0, 0.05) is 16.4 Å². The predicted octanol–water partition coefficient (Wildman–Crippen LogP) is 0.332. The molecule has 2 N–H and O–H groups in total. The SMILES string of the molecule is N#CCn1nnnc1SCC1=C(C(=O)O)N2C(=O)C(NC(=O)Cc3cccs3)[C@@H]2SC1. The molecule has 4 heterocycles. The molecule has 4 rings (SSSR count). The average molecular weight is 478 g/mol. The highest BCUT2D eigenvalue weighted by Gasteiger charge is 2.54. The third kappa shape index (κ3) is 4.29. The lowest BCUT2D eigenvalue weighted by molar-refractivity contribution is -0.150. The average Bonchev–Trinajstić information content (AvgIpc) is 3.42. The Bertz CT molecular complexity index is 1090. The number of fused-ring (bicyclic) bond motifs is 1. The van der Waals surface area contributed by atoms with Crippen molar-refractivity contribution in [1.82, 2.24) is 30.4 Å². The van der Waals surface area contributed by atoms with E-state index in [1.54, 1.807) is 0 Å². The molecule has 1 saturated heterocycles. The first kappa shape index (κ1) is 21.3. The van der Waals surface area contributed by atoms with Crippen LogP contribution in [0.2, 0.25) is 0 Å². The summed E-state index contributed by atoms with van der Waals surface area (Å²) in [7, 11) is 0. The molecule has 2 aromatic rings. The summed E-state index contributed by atoms with van der Waals surface area (Å²) >= 11 is 4.06. The van der Waals surface area contributed by atoms with Crippen LogP contribution in [-0.4, -0.2) is 70.9 Å². The van der Waals surface area contributed by atoms with Crippen molar-refractivity contribution in [3.63, 3.8) is 0 Å². The molecule has 2 aliphatic rings. The number of β-lactam (4-membered cyclic amide) rings is 1. The first-order valence-electron chi connectivity index (χ1n) is 8.97. The number of nitriles is 1. The fraction of sp³-hybridized carbons (Fsp3) is 0.353. The van der Waals surface area contributed by atoms with Crippen LogP contribution >= 0.6 is 34.9 Å². The summed E-state index contributed by atoms with van der Waals surface area (Å²) < 4.78 is 1.32. The Hall–Kier alpha value is -2.89. The van der Waals surface area contributed by atoms with Crippen molar-refractivity contribution in [2.24, 2.45) is 0 Å². The van der Waals surface area contributed by atoms with Crippen LogP contribution in [-0.2, 0) is 27.3 Å². The molecule has 0 radical (unpaired) electrons. The Labute approximate surface area is 188 Å². The van der Waals surface area contributed by atoms with Gasteiger partial charge in [-0.05, 0) is 27.4 Å². The van der Waals surface area contributed by atoms with E-state index in [9.17, 15) is 19.5 Å². The van der Waals surface area contributed by atoms with E-state index >= 15 is 0 Å². The molecule has 160 valence electrons. The second-order valence-corrected chi connectivity index (χ2v) is 9.61. The molecule has 0 aliphatic carbocycles. The molecule has 0 saturated carbocycles. The molecule has 2 aromatic heterocycles. The molecule has 2 atom stereocenters. The van der Waals surface area contributed by atoms with Crippen LogP contribution in [0.1, 0.15) is 4.88 Å². The van der Waals surface area contributed by atoms with Gasteiger partial charge in [-0.3, -0.25) is 14.5 Å². The molecule has 0 aromatic carbocycles. The van der Waals surface area contributed by atoms with Crippen molar-refractivity contribution in [3.8, 4) is 6.07 Å². The number of rotatable bonds is 8. The highest BCUT2D eigenvalue weighted by atomic mass is 32.2. The molecule has 14 heteroatoms. The van der Waals surface area contributed by atoms with E-state index in [4.69, 9.17) is 5.26 Å². The number of carboxylic acids is 1. The molecule has 0 spiro atoms. The minimum absolute atomic E-state index is 0.0194. The number of nitrogens with zero attached hydrogens (tertiary/aromatic N) is 6. The van der Waals surface area contributed by atoms with Crippen LogP contribution in [0.3, 0.4) is 0 Å². The minimum Gasteiger partial charge on any atom is -0.477 e. The number of aromatic nitrogens is 4. The number of thiophene rings is 1. The summed E-state index contributed by atoms with van der Waals surface area (Å²) in [6.07, 6.45) is 0.180. The minimum atomic E-state index is -1.20. The van der Waals surface area contributed by atoms with Crippen LogP contribution in [0.4, 0.5) is 0 Å². The summed E-state index contributed by atoms with van der Waals surface area (Å²) in [6, 6.07) is 4.90. The van der Waals surface area contributed by atoms with Crippen molar-refractivity contribution in [1.29, 1.82) is 5.26 Å². The quantitative estimate of drug-likeness (QED) is 0.401. The van der Waals surface area contributed by atoms with E-state index in [-0.39, 0.29) is 30.3 Å².